The van der Waals surface area contributed by atoms with Crippen LogP contribution in [0.3, 0.4) is 0 Å². The topological polar surface area (TPSA) is 96.7 Å². The van der Waals surface area contributed by atoms with Gasteiger partial charge in [0.1, 0.15) is 16.2 Å². The maximum Gasteiger partial charge on any atom is 0.309 e. The molecule has 1 saturated carbocycles. The molecule has 1 aliphatic heterocycles. The van der Waals surface area contributed by atoms with Crippen LogP contribution in [0, 0.1) is 29.1 Å². The molecule has 2 N–H and O–H groups in total. The molecule has 1 aromatic rings. The Hall–Kier alpha value is -1.22. The highest BCUT2D eigenvalue weighted by atomic mass is 32.2. The van der Waals surface area contributed by atoms with E-state index in [1.54, 1.807) is 43.9 Å². The third-order valence-corrected chi connectivity index (χ3v) is 9.87. The van der Waals surface area contributed by atoms with E-state index in [9.17, 15) is 19.8 Å². The van der Waals surface area contributed by atoms with Gasteiger partial charge in [-0.05, 0) is 61.8 Å². The van der Waals surface area contributed by atoms with E-state index < -0.39 is 29.5 Å². The van der Waals surface area contributed by atoms with Crippen LogP contribution in [0.15, 0.2) is 15.3 Å². The summed E-state index contributed by atoms with van der Waals surface area (Å²) in [6.45, 7) is 8.98. The molecule has 2 heterocycles. The third-order valence-electron chi connectivity index (χ3n) is 7.99. The summed E-state index contributed by atoms with van der Waals surface area (Å²) in [4.78, 5) is 30.7. The van der Waals surface area contributed by atoms with Crippen molar-refractivity contribution in [2.45, 2.75) is 95.8 Å². The average molecular weight is 524 g/mol. The van der Waals surface area contributed by atoms with Crippen molar-refractivity contribution in [1.82, 2.24) is 4.98 Å². The largest absolute Gasteiger partial charge is 0.458 e. The van der Waals surface area contributed by atoms with Crippen LogP contribution in [-0.2, 0) is 14.3 Å². The number of esters is 1. The second kappa shape index (κ2) is 11.9. The summed E-state index contributed by atoms with van der Waals surface area (Å²) in [5.74, 6) is -0.249. The van der Waals surface area contributed by atoms with Crippen LogP contribution in [0.5, 0.6) is 0 Å². The summed E-state index contributed by atoms with van der Waals surface area (Å²) in [6, 6.07) is 0. The first-order chi connectivity index (χ1) is 16.4. The number of aliphatic hydroxyl groups is 2. The van der Waals surface area contributed by atoms with Gasteiger partial charge in [-0.2, -0.15) is 0 Å². The number of ketones is 1. The minimum absolute atomic E-state index is 0.000763. The Morgan fingerprint density at radius 3 is 2.57 bits per heavy atom. The molecule has 1 unspecified atom stereocenters. The van der Waals surface area contributed by atoms with Crippen LogP contribution >= 0.6 is 23.1 Å². The highest BCUT2D eigenvalue weighted by Crippen LogP contribution is 2.47. The molecule has 2 aliphatic rings. The van der Waals surface area contributed by atoms with Crippen molar-refractivity contribution >= 4 is 40.9 Å². The average Bonchev–Trinajstić information content (AvgIpc) is 3.38. The van der Waals surface area contributed by atoms with E-state index in [-0.39, 0.29) is 24.2 Å². The zero-order valence-electron chi connectivity index (χ0n) is 21.8. The summed E-state index contributed by atoms with van der Waals surface area (Å²) in [5.41, 5.74) is 0.631. The molecular weight excluding hydrogens is 482 g/mol. The second-order valence-electron chi connectivity index (χ2n) is 11.1. The van der Waals surface area contributed by atoms with Gasteiger partial charge in [0.25, 0.3) is 0 Å². The molecule has 0 spiro atoms. The van der Waals surface area contributed by atoms with Gasteiger partial charge in [-0.1, -0.05) is 52.3 Å². The lowest BCUT2D eigenvalue weighted by molar-refractivity contribution is -0.154. The predicted molar refractivity (Wildman–Crippen MR) is 141 cm³/mol. The number of carbonyl (C=O) groups is 2. The zero-order valence-corrected chi connectivity index (χ0v) is 23.5. The lowest BCUT2D eigenvalue weighted by Crippen LogP contribution is -2.45. The number of Topliss-reactive ketones (excluding diaryl/α,β-unsaturated/α-hetero) is 1. The number of nitrogens with zero attached hydrogens (tertiary/aromatic N) is 1. The summed E-state index contributed by atoms with van der Waals surface area (Å²) in [5, 5.41) is 23.7. The van der Waals surface area contributed by atoms with Crippen LogP contribution in [0.4, 0.5) is 0 Å². The summed E-state index contributed by atoms with van der Waals surface area (Å²) in [6.07, 6.45) is 6.21. The van der Waals surface area contributed by atoms with E-state index in [1.165, 1.54) is 0 Å². The Labute approximate surface area is 217 Å². The molecule has 2 fully saturated rings. The monoisotopic (exact) mass is 523 g/mol. The molecular formula is C27H41NO5S2. The molecule has 0 radical (unpaired) electrons. The normalized spacial score (nSPS) is 35.3. The number of aromatic nitrogens is 1. The first kappa shape index (κ1) is 28.4. The summed E-state index contributed by atoms with van der Waals surface area (Å²) >= 11 is 3.20. The molecule has 0 aromatic carbocycles. The Morgan fingerprint density at radius 1 is 1.20 bits per heavy atom. The molecule has 3 rings (SSSR count). The number of thiazole rings is 1. The number of cyclic esters (lactones) is 1. The smallest absolute Gasteiger partial charge is 0.309 e. The van der Waals surface area contributed by atoms with E-state index in [1.807, 2.05) is 31.6 Å². The van der Waals surface area contributed by atoms with Crippen molar-refractivity contribution in [1.29, 1.82) is 0 Å². The van der Waals surface area contributed by atoms with Gasteiger partial charge in [-0.25, -0.2) is 4.98 Å². The first-order valence-corrected chi connectivity index (χ1v) is 14.8. The quantitative estimate of drug-likeness (QED) is 0.406. The fourth-order valence-electron chi connectivity index (χ4n) is 5.20. The molecule has 7 atom stereocenters. The lowest BCUT2D eigenvalue weighted by Gasteiger charge is -2.34. The SMILES string of the molecule is CSc1nc(/C=C(\C)[C@@H]2CC3C[C@@H]3CCC[C@H](C)[C@H](O)[C@@H](C)C(=O)C(C)(C)[C@@H](O)CC(=O)O2)cs1. The number of ether oxygens (including phenoxy) is 1. The van der Waals surface area contributed by atoms with E-state index in [4.69, 9.17) is 4.74 Å². The summed E-state index contributed by atoms with van der Waals surface area (Å²) < 4.78 is 6.91. The van der Waals surface area contributed by atoms with Crippen LogP contribution in [0.2, 0.25) is 0 Å². The van der Waals surface area contributed by atoms with Crippen LogP contribution in [0.1, 0.15) is 78.8 Å². The maximum absolute atomic E-state index is 13.2. The van der Waals surface area contributed by atoms with E-state index in [2.05, 4.69) is 4.98 Å². The second-order valence-corrected chi connectivity index (χ2v) is 13.0. The van der Waals surface area contributed by atoms with Crippen molar-refractivity contribution in [3.8, 4) is 0 Å². The van der Waals surface area contributed by atoms with Gasteiger partial charge in [-0.15, -0.1) is 11.3 Å². The first-order valence-electron chi connectivity index (χ1n) is 12.7. The van der Waals surface area contributed by atoms with Gasteiger partial charge in [0.05, 0.1) is 29.7 Å². The third kappa shape index (κ3) is 7.18. The Morgan fingerprint density at radius 2 is 1.91 bits per heavy atom. The molecule has 1 aromatic heterocycles. The number of thioether (sulfide) groups is 1. The van der Waals surface area contributed by atoms with Crippen LogP contribution in [-0.4, -0.2) is 51.5 Å². The predicted octanol–water partition coefficient (Wildman–Crippen LogP) is 5.37. The molecule has 1 aliphatic carbocycles. The van der Waals surface area contributed by atoms with Gasteiger partial charge in [0.15, 0.2) is 0 Å². The zero-order chi connectivity index (χ0) is 25.9. The molecule has 8 heteroatoms. The Kier molecular flexibility index (Phi) is 9.63. The number of aliphatic hydroxyl groups excluding tert-OH is 2. The van der Waals surface area contributed by atoms with E-state index in [0.717, 1.165) is 47.7 Å². The van der Waals surface area contributed by atoms with Crippen LogP contribution in [0.25, 0.3) is 6.08 Å². The number of rotatable bonds is 3. The van der Waals surface area contributed by atoms with Crippen molar-refractivity contribution in [2.24, 2.45) is 29.1 Å². The standard InChI is InChI=1S/C27H41NO5S2/c1-15-8-7-9-18-11-19(18)12-21(16(2)10-20-14-35-26(28-20)34-6)33-23(30)13-22(29)27(4,5)25(32)17(3)24(15)31/h10,14-15,17-19,21-22,24,29,31H,7-9,11-13H2,1-6H3/b16-10+/t15-,17+,18-,19?,21-,22-,24-/m0/s1. The number of carbonyl (C=O) groups excluding carboxylic acids is 2. The molecule has 6 nitrogen and oxygen atoms in total. The lowest BCUT2D eigenvalue weighted by atomic mass is 9.73. The van der Waals surface area contributed by atoms with Crippen LogP contribution < -0.4 is 0 Å². The maximum atomic E-state index is 13.2. The summed E-state index contributed by atoms with van der Waals surface area (Å²) in [7, 11) is 0. The van der Waals surface area contributed by atoms with Gasteiger partial charge in [-0.3, -0.25) is 9.59 Å². The van der Waals surface area contributed by atoms with Crippen molar-refractivity contribution < 1.29 is 24.5 Å². The minimum atomic E-state index is -1.19. The fraction of sp³-hybridized carbons (Fsp3) is 0.741. The minimum Gasteiger partial charge on any atom is -0.458 e. The van der Waals surface area contributed by atoms with Gasteiger partial charge in [0.2, 0.25) is 0 Å². The van der Waals surface area contributed by atoms with Gasteiger partial charge < -0.3 is 14.9 Å². The highest BCUT2D eigenvalue weighted by molar-refractivity contribution is 8.00. The highest BCUT2D eigenvalue weighted by Gasteiger charge is 2.43. The van der Waals surface area contributed by atoms with Crippen molar-refractivity contribution in [3.05, 3.63) is 16.6 Å². The number of hydrogen-bond acceptors (Lipinski definition) is 8. The van der Waals surface area contributed by atoms with Crippen molar-refractivity contribution in [2.75, 3.05) is 6.26 Å². The number of hydrogen-bond donors (Lipinski definition) is 2. The molecule has 1 saturated heterocycles. The molecule has 0 bridgehead atoms. The van der Waals surface area contributed by atoms with Gasteiger partial charge >= 0.3 is 5.97 Å². The fourth-order valence-corrected chi connectivity index (χ4v) is 6.43. The van der Waals surface area contributed by atoms with E-state index in [0.29, 0.717) is 11.8 Å². The molecule has 0 amide bonds. The Balaban J connectivity index is 1.81. The number of fused-ring (bicyclic) bond motifs is 1. The van der Waals surface area contributed by atoms with Gasteiger partial charge in [0, 0.05) is 11.3 Å². The van der Waals surface area contributed by atoms with Crippen molar-refractivity contribution in [3.63, 3.8) is 0 Å². The molecule has 196 valence electrons. The van der Waals surface area contributed by atoms with E-state index >= 15 is 0 Å². The molecule has 35 heavy (non-hydrogen) atoms. The Bertz CT molecular complexity index is 926.